The van der Waals surface area contributed by atoms with E-state index in [2.05, 4.69) is 15.2 Å². The highest BCUT2D eigenvalue weighted by molar-refractivity contribution is 5.80. The first kappa shape index (κ1) is 17.7. The molecule has 1 aromatic carbocycles. The van der Waals surface area contributed by atoms with Gasteiger partial charge in [-0.1, -0.05) is 23.4 Å². The van der Waals surface area contributed by atoms with Crippen LogP contribution in [0, 0.1) is 0 Å². The van der Waals surface area contributed by atoms with Crippen molar-refractivity contribution in [3.8, 4) is 0 Å². The Hall–Kier alpha value is -2.74. The largest absolute Gasteiger partial charge is 0.384 e. The van der Waals surface area contributed by atoms with Crippen LogP contribution < -0.4 is 0 Å². The van der Waals surface area contributed by atoms with E-state index in [1.54, 1.807) is 11.8 Å². The van der Waals surface area contributed by atoms with Crippen molar-refractivity contribution < 1.29 is 14.1 Å². The number of nitrogens with zero attached hydrogens (tertiary/aromatic N) is 5. The molecule has 8 heteroatoms. The normalized spacial score (nSPS) is 17.5. The number of aromatic nitrogens is 4. The Morgan fingerprint density at radius 2 is 2.22 bits per heavy atom. The standard InChI is InChI=1S/C19H23N5O3/c1-26-11-9-17-20-19(27-22-17)16-8-4-5-10-24(16)18(25)13-23-12-14-6-2-3-7-15(14)21-23/h2-3,6-7,12,16H,4-5,8-11,13H2,1H3. The van der Waals surface area contributed by atoms with Crippen LogP contribution in [0.3, 0.4) is 0 Å². The summed E-state index contributed by atoms with van der Waals surface area (Å²) < 4.78 is 12.2. The van der Waals surface area contributed by atoms with E-state index in [1.807, 2.05) is 35.4 Å². The molecule has 27 heavy (non-hydrogen) atoms. The molecule has 1 fully saturated rings. The van der Waals surface area contributed by atoms with Crippen LogP contribution >= 0.6 is 0 Å². The molecule has 8 nitrogen and oxygen atoms in total. The highest BCUT2D eigenvalue weighted by Crippen LogP contribution is 2.30. The molecule has 1 saturated heterocycles. The first-order chi connectivity index (χ1) is 13.2. The molecule has 1 aliphatic rings. The van der Waals surface area contributed by atoms with Gasteiger partial charge in [0.1, 0.15) is 12.6 Å². The molecule has 0 saturated carbocycles. The predicted molar refractivity (Wildman–Crippen MR) is 97.9 cm³/mol. The maximum atomic E-state index is 13.0. The number of hydrogen-bond donors (Lipinski definition) is 0. The van der Waals surface area contributed by atoms with Gasteiger partial charge in [-0.3, -0.25) is 9.48 Å². The molecule has 1 aliphatic heterocycles. The van der Waals surface area contributed by atoms with Crippen LogP contribution in [0.5, 0.6) is 0 Å². The molecule has 1 amide bonds. The monoisotopic (exact) mass is 369 g/mol. The minimum absolute atomic E-state index is 0.0177. The lowest BCUT2D eigenvalue weighted by atomic mass is 10.0. The van der Waals surface area contributed by atoms with Crippen LogP contribution in [-0.2, 0) is 22.5 Å². The lowest BCUT2D eigenvalue weighted by Gasteiger charge is -2.33. The van der Waals surface area contributed by atoms with Gasteiger partial charge in [0.15, 0.2) is 5.82 Å². The molecular weight excluding hydrogens is 346 g/mol. The molecule has 1 atom stereocenters. The van der Waals surface area contributed by atoms with Crippen molar-refractivity contribution in [2.45, 2.75) is 38.3 Å². The first-order valence-corrected chi connectivity index (χ1v) is 9.27. The summed E-state index contributed by atoms with van der Waals surface area (Å²) in [5.41, 5.74) is 0.889. The van der Waals surface area contributed by atoms with Crippen molar-refractivity contribution in [3.63, 3.8) is 0 Å². The van der Waals surface area contributed by atoms with E-state index in [4.69, 9.17) is 9.26 Å². The van der Waals surface area contributed by atoms with Gasteiger partial charge in [0.2, 0.25) is 11.8 Å². The Morgan fingerprint density at radius 1 is 1.33 bits per heavy atom. The Balaban J connectivity index is 1.49. The maximum Gasteiger partial charge on any atom is 0.249 e. The highest BCUT2D eigenvalue weighted by Gasteiger charge is 2.32. The fourth-order valence-electron chi connectivity index (χ4n) is 3.51. The second-order valence-electron chi connectivity index (χ2n) is 6.78. The number of carbonyl (C=O) groups is 1. The topological polar surface area (TPSA) is 86.3 Å². The van der Waals surface area contributed by atoms with Crippen molar-refractivity contribution in [3.05, 3.63) is 42.2 Å². The van der Waals surface area contributed by atoms with Gasteiger partial charge in [0.05, 0.1) is 12.1 Å². The van der Waals surface area contributed by atoms with E-state index in [0.717, 1.165) is 30.2 Å². The van der Waals surface area contributed by atoms with Gasteiger partial charge in [-0.25, -0.2) is 0 Å². The fourth-order valence-corrected chi connectivity index (χ4v) is 3.51. The minimum Gasteiger partial charge on any atom is -0.384 e. The smallest absolute Gasteiger partial charge is 0.249 e. The summed E-state index contributed by atoms with van der Waals surface area (Å²) in [4.78, 5) is 19.3. The zero-order chi connectivity index (χ0) is 18.6. The van der Waals surface area contributed by atoms with E-state index in [1.165, 1.54) is 0 Å². The van der Waals surface area contributed by atoms with Crippen LogP contribution in [0.1, 0.15) is 37.0 Å². The second-order valence-corrected chi connectivity index (χ2v) is 6.78. The molecule has 4 rings (SSSR count). The number of benzene rings is 1. The van der Waals surface area contributed by atoms with Gasteiger partial charge in [-0.15, -0.1) is 0 Å². The third kappa shape index (κ3) is 3.85. The molecule has 3 aromatic rings. The summed E-state index contributed by atoms with van der Waals surface area (Å²) >= 11 is 0. The summed E-state index contributed by atoms with van der Waals surface area (Å²) in [6.07, 6.45) is 5.35. The van der Waals surface area contributed by atoms with Crippen LogP contribution in [-0.4, -0.2) is 51.0 Å². The first-order valence-electron chi connectivity index (χ1n) is 9.27. The van der Waals surface area contributed by atoms with Crippen LogP contribution in [0.25, 0.3) is 10.9 Å². The summed E-state index contributed by atoms with van der Waals surface area (Å²) in [7, 11) is 1.64. The molecule has 0 bridgehead atoms. The second kappa shape index (κ2) is 7.87. The van der Waals surface area contributed by atoms with Gasteiger partial charge in [-0.2, -0.15) is 10.1 Å². The van der Waals surface area contributed by atoms with Crippen molar-refractivity contribution >= 4 is 16.8 Å². The number of likely N-dealkylation sites (tertiary alicyclic amines) is 1. The molecule has 3 heterocycles. The Bertz CT molecular complexity index is 886. The summed E-state index contributed by atoms with van der Waals surface area (Å²) in [5, 5.41) is 9.53. The number of methoxy groups -OCH3 is 1. The van der Waals surface area contributed by atoms with Gasteiger partial charge in [-0.05, 0) is 25.3 Å². The van der Waals surface area contributed by atoms with Gasteiger partial charge in [0.25, 0.3) is 0 Å². The summed E-state index contributed by atoms with van der Waals surface area (Å²) in [6, 6.07) is 7.68. The zero-order valence-corrected chi connectivity index (χ0v) is 15.4. The van der Waals surface area contributed by atoms with Crippen LogP contribution in [0.2, 0.25) is 0 Å². The molecule has 142 valence electrons. The third-order valence-corrected chi connectivity index (χ3v) is 4.88. The average molecular weight is 369 g/mol. The molecule has 2 aromatic heterocycles. The van der Waals surface area contributed by atoms with Gasteiger partial charge >= 0.3 is 0 Å². The molecule has 0 aliphatic carbocycles. The number of hydrogen-bond acceptors (Lipinski definition) is 6. The SMILES string of the molecule is COCCc1noc(C2CCCCN2C(=O)Cn2cc3ccccc3n2)n1. The zero-order valence-electron chi connectivity index (χ0n) is 15.4. The highest BCUT2D eigenvalue weighted by atomic mass is 16.5. The number of fused-ring (bicyclic) bond motifs is 1. The van der Waals surface area contributed by atoms with E-state index < -0.39 is 0 Å². The van der Waals surface area contributed by atoms with Gasteiger partial charge in [0, 0.05) is 31.7 Å². The lowest BCUT2D eigenvalue weighted by molar-refractivity contribution is -0.136. The van der Waals surface area contributed by atoms with E-state index in [9.17, 15) is 4.79 Å². The van der Waals surface area contributed by atoms with Gasteiger partial charge < -0.3 is 14.2 Å². The number of piperidine rings is 1. The fraction of sp³-hybridized carbons (Fsp3) is 0.474. The van der Waals surface area contributed by atoms with E-state index >= 15 is 0 Å². The molecule has 0 N–H and O–H groups in total. The minimum atomic E-state index is -0.167. The van der Waals surface area contributed by atoms with E-state index in [-0.39, 0.29) is 18.5 Å². The number of ether oxygens (including phenoxy) is 1. The number of rotatable bonds is 6. The Morgan fingerprint density at radius 3 is 3.07 bits per heavy atom. The maximum absolute atomic E-state index is 13.0. The molecule has 0 radical (unpaired) electrons. The summed E-state index contributed by atoms with van der Waals surface area (Å²) in [6.45, 7) is 1.44. The Kier molecular flexibility index (Phi) is 5.15. The average Bonchev–Trinajstić information content (AvgIpc) is 3.32. The van der Waals surface area contributed by atoms with Crippen molar-refractivity contribution in [1.29, 1.82) is 0 Å². The molecule has 0 spiro atoms. The third-order valence-electron chi connectivity index (χ3n) is 4.88. The van der Waals surface area contributed by atoms with Crippen molar-refractivity contribution in [2.75, 3.05) is 20.3 Å². The lowest BCUT2D eigenvalue weighted by Crippen LogP contribution is -2.40. The predicted octanol–water partition coefficient (Wildman–Crippen LogP) is 2.36. The van der Waals surface area contributed by atoms with Crippen LogP contribution in [0.4, 0.5) is 0 Å². The molecular formula is C19H23N5O3. The number of amides is 1. The van der Waals surface area contributed by atoms with Crippen molar-refractivity contribution in [2.24, 2.45) is 0 Å². The number of carbonyl (C=O) groups excluding carboxylic acids is 1. The van der Waals surface area contributed by atoms with Crippen LogP contribution in [0.15, 0.2) is 35.0 Å². The Labute approximate surface area is 157 Å². The van der Waals surface area contributed by atoms with Crippen molar-refractivity contribution in [1.82, 2.24) is 24.8 Å². The molecule has 1 unspecified atom stereocenters. The summed E-state index contributed by atoms with van der Waals surface area (Å²) in [5.74, 6) is 1.15. The quantitative estimate of drug-likeness (QED) is 0.663. The van der Waals surface area contributed by atoms with E-state index in [0.29, 0.717) is 31.3 Å².